The molecule has 0 aliphatic heterocycles. The van der Waals surface area contributed by atoms with Gasteiger partial charge in [0.05, 0.1) is 18.3 Å². The number of nitrogens with two attached hydrogens (primary N) is 1. The molecule has 4 nitrogen and oxygen atoms in total. The monoisotopic (exact) mass is 243 g/mol. The van der Waals surface area contributed by atoms with E-state index in [4.69, 9.17) is 15.6 Å². The van der Waals surface area contributed by atoms with Crippen LogP contribution in [0, 0.1) is 6.92 Å². The summed E-state index contributed by atoms with van der Waals surface area (Å²) in [5.74, 6) is 7.07. The van der Waals surface area contributed by atoms with Crippen molar-refractivity contribution < 1.29 is 4.74 Å². The highest BCUT2D eigenvalue weighted by atomic mass is 16.5. The summed E-state index contributed by atoms with van der Waals surface area (Å²) in [6.45, 7) is 2.05. The third-order valence-electron chi connectivity index (χ3n) is 3.48. The van der Waals surface area contributed by atoms with Gasteiger partial charge in [0.1, 0.15) is 5.75 Å². The van der Waals surface area contributed by atoms with Crippen LogP contribution in [-0.4, -0.2) is 12.1 Å². The number of nitrogens with zero attached hydrogens (tertiary/aromatic N) is 1. The van der Waals surface area contributed by atoms with Gasteiger partial charge in [0.25, 0.3) is 0 Å². The Kier molecular flexibility index (Phi) is 2.59. The van der Waals surface area contributed by atoms with Crippen LogP contribution in [-0.2, 0) is 0 Å². The molecule has 1 aliphatic carbocycles. The van der Waals surface area contributed by atoms with Gasteiger partial charge in [0.15, 0.2) is 0 Å². The molecule has 1 heterocycles. The van der Waals surface area contributed by atoms with Gasteiger partial charge in [-0.3, -0.25) is 10.8 Å². The molecule has 3 N–H and O–H groups in total. The molecule has 0 bridgehead atoms. The first kappa shape index (κ1) is 11.3. The number of aryl methyl sites for hydroxylation is 1. The van der Waals surface area contributed by atoms with E-state index in [-0.39, 0.29) is 0 Å². The average Bonchev–Trinajstić information content (AvgIpc) is 3.22. The molecule has 1 aromatic heterocycles. The van der Waals surface area contributed by atoms with Gasteiger partial charge >= 0.3 is 0 Å². The van der Waals surface area contributed by atoms with Crippen LogP contribution in [0.25, 0.3) is 10.9 Å². The summed E-state index contributed by atoms with van der Waals surface area (Å²) in [5, 5.41) is 1.01. The molecule has 0 amide bonds. The average molecular weight is 243 g/mol. The lowest BCUT2D eigenvalue weighted by Crippen LogP contribution is -2.08. The molecular formula is C14H17N3O. The van der Waals surface area contributed by atoms with Crippen LogP contribution >= 0.6 is 0 Å². The van der Waals surface area contributed by atoms with Crippen LogP contribution in [0.1, 0.15) is 30.0 Å². The second-order valence-corrected chi connectivity index (χ2v) is 4.85. The normalized spacial score (nSPS) is 14.8. The van der Waals surface area contributed by atoms with Crippen molar-refractivity contribution >= 4 is 16.6 Å². The van der Waals surface area contributed by atoms with Crippen LogP contribution in [0.2, 0.25) is 0 Å². The molecule has 0 unspecified atom stereocenters. The first-order chi connectivity index (χ1) is 8.72. The molecule has 0 radical (unpaired) electrons. The van der Waals surface area contributed by atoms with Crippen molar-refractivity contribution in [1.82, 2.24) is 4.98 Å². The van der Waals surface area contributed by atoms with E-state index in [2.05, 4.69) is 18.4 Å². The molecule has 94 valence electrons. The van der Waals surface area contributed by atoms with Crippen molar-refractivity contribution in [1.29, 1.82) is 0 Å². The number of hydrogen-bond donors (Lipinski definition) is 2. The third-order valence-corrected chi connectivity index (χ3v) is 3.48. The van der Waals surface area contributed by atoms with Crippen molar-refractivity contribution in [3.05, 3.63) is 29.5 Å². The summed E-state index contributed by atoms with van der Waals surface area (Å²) >= 11 is 0. The second-order valence-electron chi connectivity index (χ2n) is 4.85. The lowest BCUT2D eigenvalue weighted by Gasteiger charge is -2.12. The predicted molar refractivity (Wildman–Crippen MR) is 72.8 cm³/mol. The number of benzene rings is 1. The number of hydrogen-bond acceptors (Lipinski definition) is 4. The molecule has 0 spiro atoms. The SMILES string of the molecule is COc1cc(C)c2nc(C3CC3)cc(NN)c2c1. The van der Waals surface area contributed by atoms with Crippen LogP contribution in [0.3, 0.4) is 0 Å². The number of fused-ring (bicyclic) bond motifs is 1. The molecule has 4 heteroatoms. The minimum Gasteiger partial charge on any atom is -0.497 e. The highest BCUT2D eigenvalue weighted by Gasteiger charge is 2.26. The van der Waals surface area contributed by atoms with Crippen LogP contribution in [0.15, 0.2) is 18.2 Å². The number of pyridine rings is 1. The fourth-order valence-corrected chi connectivity index (χ4v) is 2.31. The van der Waals surface area contributed by atoms with Gasteiger partial charge in [-0.05, 0) is 43.5 Å². The smallest absolute Gasteiger partial charge is 0.119 e. The van der Waals surface area contributed by atoms with Gasteiger partial charge < -0.3 is 10.2 Å². The van der Waals surface area contributed by atoms with E-state index in [1.54, 1.807) is 7.11 Å². The standard InChI is InChI=1S/C14H17N3O/c1-8-5-10(18-2)6-11-13(17-15)7-12(9-3-4-9)16-14(8)11/h5-7,9H,3-4,15H2,1-2H3,(H,16,17). The van der Waals surface area contributed by atoms with Gasteiger partial charge in [-0.15, -0.1) is 0 Å². The van der Waals surface area contributed by atoms with Crippen molar-refractivity contribution in [3.63, 3.8) is 0 Å². The van der Waals surface area contributed by atoms with Gasteiger partial charge in [-0.25, -0.2) is 0 Å². The topological polar surface area (TPSA) is 60.2 Å². The second kappa shape index (κ2) is 4.14. The maximum atomic E-state index is 5.63. The Bertz CT molecular complexity index is 606. The van der Waals surface area contributed by atoms with E-state index in [0.717, 1.165) is 33.6 Å². The number of nitrogens with one attached hydrogen (secondary N) is 1. The lowest BCUT2D eigenvalue weighted by atomic mass is 10.1. The summed E-state index contributed by atoms with van der Waals surface area (Å²) in [4.78, 5) is 4.77. The number of methoxy groups -OCH3 is 1. The molecule has 0 saturated heterocycles. The van der Waals surface area contributed by atoms with E-state index >= 15 is 0 Å². The Morgan fingerprint density at radius 2 is 2.11 bits per heavy atom. The minimum absolute atomic E-state index is 0.614. The van der Waals surface area contributed by atoms with Crippen LogP contribution < -0.4 is 16.0 Å². The van der Waals surface area contributed by atoms with Crippen LogP contribution in [0.5, 0.6) is 5.75 Å². The molecule has 1 aliphatic rings. The number of ether oxygens (including phenoxy) is 1. The zero-order valence-corrected chi connectivity index (χ0v) is 10.7. The molecule has 1 fully saturated rings. The summed E-state index contributed by atoms with van der Waals surface area (Å²) in [6, 6.07) is 6.03. The first-order valence-corrected chi connectivity index (χ1v) is 6.19. The maximum Gasteiger partial charge on any atom is 0.119 e. The largest absolute Gasteiger partial charge is 0.497 e. The third kappa shape index (κ3) is 1.78. The van der Waals surface area contributed by atoms with Crippen molar-refractivity contribution in [2.75, 3.05) is 12.5 Å². The fourth-order valence-electron chi connectivity index (χ4n) is 2.31. The van der Waals surface area contributed by atoms with Crippen LogP contribution in [0.4, 0.5) is 5.69 Å². The Morgan fingerprint density at radius 3 is 2.72 bits per heavy atom. The maximum absolute atomic E-state index is 5.63. The summed E-state index contributed by atoms with van der Waals surface area (Å²) in [5.41, 5.74) is 6.96. The van der Waals surface area contributed by atoms with Gasteiger partial charge in [0.2, 0.25) is 0 Å². The lowest BCUT2D eigenvalue weighted by molar-refractivity contribution is 0.415. The minimum atomic E-state index is 0.614. The molecule has 18 heavy (non-hydrogen) atoms. The van der Waals surface area contributed by atoms with E-state index < -0.39 is 0 Å². The molecule has 3 rings (SSSR count). The van der Waals surface area contributed by atoms with E-state index in [9.17, 15) is 0 Å². The fraction of sp³-hybridized carbons (Fsp3) is 0.357. The first-order valence-electron chi connectivity index (χ1n) is 6.19. The zero-order chi connectivity index (χ0) is 12.7. The Morgan fingerprint density at radius 1 is 1.33 bits per heavy atom. The molecule has 0 atom stereocenters. The highest BCUT2D eigenvalue weighted by molar-refractivity contribution is 5.94. The summed E-state index contributed by atoms with van der Waals surface area (Å²) < 4.78 is 5.30. The molecule has 2 aromatic rings. The van der Waals surface area contributed by atoms with Crippen molar-refractivity contribution in [2.24, 2.45) is 5.84 Å². The van der Waals surface area contributed by atoms with Gasteiger partial charge in [-0.1, -0.05) is 0 Å². The van der Waals surface area contributed by atoms with E-state index in [1.807, 2.05) is 12.1 Å². The summed E-state index contributed by atoms with van der Waals surface area (Å²) in [7, 11) is 1.67. The number of hydrazine groups is 1. The molecule has 1 saturated carbocycles. The number of aromatic nitrogens is 1. The van der Waals surface area contributed by atoms with E-state index in [0.29, 0.717) is 5.92 Å². The van der Waals surface area contributed by atoms with Gasteiger partial charge in [-0.2, -0.15) is 0 Å². The van der Waals surface area contributed by atoms with Crippen molar-refractivity contribution in [3.8, 4) is 5.75 Å². The van der Waals surface area contributed by atoms with Crippen molar-refractivity contribution in [2.45, 2.75) is 25.7 Å². The number of nitrogen functional groups attached to an aromatic ring is 1. The predicted octanol–water partition coefficient (Wildman–Crippen LogP) is 2.71. The van der Waals surface area contributed by atoms with Gasteiger partial charge in [0, 0.05) is 17.0 Å². The van der Waals surface area contributed by atoms with E-state index in [1.165, 1.54) is 12.8 Å². The number of anilines is 1. The summed E-state index contributed by atoms with van der Waals surface area (Å²) in [6.07, 6.45) is 2.47. The zero-order valence-electron chi connectivity index (χ0n) is 10.7. The molecule has 1 aromatic carbocycles. The Balaban J connectivity index is 2.27. The number of rotatable bonds is 3. The Labute approximate surface area is 106 Å². The molecular weight excluding hydrogens is 226 g/mol. The Hall–Kier alpha value is -1.81. The quantitative estimate of drug-likeness (QED) is 0.642. The highest BCUT2D eigenvalue weighted by Crippen LogP contribution is 2.41.